The second-order valence-corrected chi connectivity index (χ2v) is 7.40. The summed E-state index contributed by atoms with van der Waals surface area (Å²) in [6, 6.07) is 16.5. The molecule has 3 aromatic rings. The van der Waals surface area contributed by atoms with E-state index < -0.39 is 0 Å². The summed E-state index contributed by atoms with van der Waals surface area (Å²) in [5.41, 5.74) is 7.48. The maximum absolute atomic E-state index is 12.3. The third kappa shape index (κ3) is 4.72. The van der Waals surface area contributed by atoms with Crippen LogP contribution in [0.4, 0.5) is 5.69 Å². The highest BCUT2D eigenvalue weighted by Crippen LogP contribution is 2.15. The summed E-state index contributed by atoms with van der Waals surface area (Å²) in [5, 5.41) is 8.93. The summed E-state index contributed by atoms with van der Waals surface area (Å²) >= 11 is 1.39. The highest BCUT2D eigenvalue weighted by Gasteiger charge is 2.09. The number of hydrazone groups is 1. The van der Waals surface area contributed by atoms with Gasteiger partial charge in [-0.25, -0.2) is 5.43 Å². The van der Waals surface area contributed by atoms with Gasteiger partial charge < -0.3 is 5.32 Å². The van der Waals surface area contributed by atoms with Gasteiger partial charge in [-0.15, -0.1) is 11.3 Å². The van der Waals surface area contributed by atoms with E-state index in [0.29, 0.717) is 21.8 Å². The van der Waals surface area contributed by atoms with Crippen LogP contribution < -0.4 is 10.7 Å². The van der Waals surface area contributed by atoms with Gasteiger partial charge in [0.15, 0.2) is 0 Å². The minimum Gasteiger partial charge on any atom is -0.321 e. The van der Waals surface area contributed by atoms with Crippen LogP contribution in [0.1, 0.15) is 43.6 Å². The van der Waals surface area contributed by atoms with Gasteiger partial charge in [-0.05, 0) is 73.2 Å². The van der Waals surface area contributed by atoms with Crippen molar-refractivity contribution in [1.29, 1.82) is 0 Å². The number of carbonyl (C=O) groups excluding carboxylic acids is 2. The van der Waals surface area contributed by atoms with Crippen molar-refractivity contribution in [1.82, 2.24) is 5.43 Å². The van der Waals surface area contributed by atoms with Crippen LogP contribution in [-0.4, -0.2) is 17.5 Å². The summed E-state index contributed by atoms with van der Waals surface area (Å²) in [6.45, 7) is 5.78. The molecule has 2 N–H and O–H groups in total. The number of rotatable bonds is 5. The molecule has 0 aliphatic heterocycles. The molecule has 0 bridgehead atoms. The molecule has 5 nitrogen and oxygen atoms in total. The molecule has 0 spiro atoms. The molecule has 2 amide bonds. The molecule has 0 atom stereocenters. The van der Waals surface area contributed by atoms with Crippen LogP contribution in [-0.2, 0) is 0 Å². The van der Waals surface area contributed by atoms with Crippen LogP contribution in [0.5, 0.6) is 0 Å². The Morgan fingerprint density at radius 3 is 2.43 bits per heavy atom. The van der Waals surface area contributed by atoms with Gasteiger partial charge in [0.25, 0.3) is 11.8 Å². The van der Waals surface area contributed by atoms with Crippen LogP contribution in [0.2, 0.25) is 0 Å². The number of aryl methyl sites for hydroxylation is 2. The average Bonchev–Trinajstić information content (AvgIpc) is 3.23. The van der Waals surface area contributed by atoms with Crippen molar-refractivity contribution < 1.29 is 9.59 Å². The standard InChI is InChI=1S/C22H21N3O2S/c1-14-9-10-18(12-15(14)2)21(26)25-24-16(3)17-6-4-7-19(13-17)23-22(27)20-8-5-11-28-20/h4-13H,1-3H3,(H,23,27)(H,25,26). The zero-order valence-electron chi connectivity index (χ0n) is 15.9. The number of carbonyl (C=O) groups is 2. The molecule has 28 heavy (non-hydrogen) atoms. The molecule has 1 heterocycles. The summed E-state index contributed by atoms with van der Waals surface area (Å²) in [6.07, 6.45) is 0. The van der Waals surface area contributed by atoms with E-state index in [2.05, 4.69) is 15.8 Å². The predicted octanol–water partition coefficient (Wildman–Crippen LogP) is 4.77. The molecule has 2 aromatic carbocycles. The quantitative estimate of drug-likeness (QED) is 0.486. The summed E-state index contributed by atoms with van der Waals surface area (Å²) in [5.74, 6) is -0.408. The van der Waals surface area contributed by atoms with E-state index in [1.165, 1.54) is 11.3 Å². The number of hydrogen-bond donors (Lipinski definition) is 2. The third-order valence-corrected chi connectivity index (χ3v) is 5.25. The first-order chi connectivity index (χ1) is 13.4. The predicted molar refractivity (Wildman–Crippen MR) is 114 cm³/mol. The highest BCUT2D eigenvalue weighted by atomic mass is 32.1. The molecular formula is C22H21N3O2S. The first-order valence-electron chi connectivity index (χ1n) is 8.81. The summed E-state index contributed by atoms with van der Waals surface area (Å²) in [7, 11) is 0. The third-order valence-electron chi connectivity index (χ3n) is 4.38. The van der Waals surface area contributed by atoms with Crippen molar-refractivity contribution in [3.05, 3.63) is 87.1 Å². The van der Waals surface area contributed by atoms with Gasteiger partial charge in [0, 0.05) is 11.3 Å². The fourth-order valence-electron chi connectivity index (χ4n) is 2.57. The molecule has 0 aliphatic carbocycles. The first kappa shape index (κ1) is 19.5. The Kier molecular flexibility index (Phi) is 6.01. The number of anilines is 1. The minimum absolute atomic E-state index is 0.148. The maximum atomic E-state index is 12.3. The molecule has 142 valence electrons. The zero-order chi connectivity index (χ0) is 20.1. The molecule has 0 fully saturated rings. The average molecular weight is 391 g/mol. The van der Waals surface area contributed by atoms with Gasteiger partial charge in [0.1, 0.15) is 0 Å². The summed E-state index contributed by atoms with van der Waals surface area (Å²) in [4.78, 5) is 25.2. The van der Waals surface area contributed by atoms with E-state index >= 15 is 0 Å². The molecule has 0 saturated heterocycles. The topological polar surface area (TPSA) is 70.6 Å². The summed E-state index contributed by atoms with van der Waals surface area (Å²) < 4.78 is 0. The number of thiophene rings is 1. The van der Waals surface area contributed by atoms with Gasteiger partial charge in [-0.3, -0.25) is 9.59 Å². The lowest BCUT2D eigenvalue weighted by Gasteiger charge is -2.08. The van der Waals surface area contributed by atoms with E-state index in [1.807, 2.05) is 61.7 Å². The monoisotopic (exact) mass is 391 g/mol. The Morgan fingerprint density at radius 1 is 0.893 bits per heavy atom. The molecule has 1 aromatic heterocycles. The van der Waals surface area contributed by atoms with Gasteiger partial charge in [-0.1, -0.05) is 24.3 Å². The van der Waals surface area contributed by atoms with Crippen molar-refractivity contribution in [2.45, 2.75) is 20.8 Å². The highest BCUT2D eigenvalue weighted by molar-refractivity contribution is 7.12. The zero-order valence-corrected chi connectivity index (χ0v) is 16.8. The second kappa shape index (κ2) is 8.63. The van der Waals surface area contributed by atoms with E-state index in [0.717, 1.165) is 16.7 Å². The number of benzene rings is 2. The van der Waals surface area contributed by atoms with Crippen molar-refractivity contribution in [2.24, 2.45) is 5.10 Å². The van der Waals surface area contributed by atoms with Crippen LogP contribution in [0.3, 0.4) is 0 Å². The van der Waals surface area contributed by atoms with Gasteiger partial charge in [0.05, 0.1) is 10.6 Å². The molecule has 0 unspecified atom stereocenters. The Morgan fingerprint density at radius 2 is 1.71 bits per heavy atom. The molecule has 3 rings (SSSR count). The largest absolute Gasteiger partial charge is 0.321 e. The van der Waals surface area contributed by atoms with Crippen LogP contribution in [0.15, 0.2) is 65.1 Å². The number of nitrogens with zero attached hydrogens (tertiary/aromatic N) is 1. The maximum Gasteiger partial charge on any atom is 0.271 e. The number of nitrogens with one attached hydrogen (secondary N) is 2. The SMILES string of the molecule is CC(=NNC(=O)c1ccc(C)c(C)c1)c1cccc(NC(=O)c2cccs2)c1. The normalized spacial score (nSPS) is 11.2. The molecule has 0 saturated carbocycles. The lowest BCUT2D eigenvalue weighted by molar-refractivity contribution is 0.0954. The number of hydrogen-bond acceptors (Lipinski definition) is 4. The van der Waals surface area contributed by atoms with Gasteiger partial charge >= 0.3 is 0 Å². The Balaban J connectivity index is 1.69. The Hall–Kier alpha value is -3.25. The van der Waals surface area contributed by atoms with Crippen molar-refractivity contribution >= 4 is 34.6 Å². The van der Waals surface area contributed by atoms with E-state index in [-0.39, 0.29) is 11.8 Å². The van der Waals surface area contributed by atoms with Crippen molar-refractivity contribution in [2.75, 3.05) is 5.32 Å². The van der Waals surface area contributed by atoms with Crippen LogP contribution in [0, 0.1) is 13.8 Å². The number of amides is 2. The minimum atomic E-state index is -0.260. The van der Waals surface area contributed by atoms with E-state index in [1.54, 1.807) is 19.1 Å². The smallest absolute Gasteiger partial charge is 0.271 e. The molecule has 0 aliphatic rings. The van der Waals surface area contributed by atoms with E-state index in [9.17, 15) is 9.59 Å². The van der Waals surface area contributed by atoms with E-state index in [4.69, 9.17) is 0 Å². The van der Waals surface area contributed by atoms with Crippen LogP contribution >= 0.6 is 11.3 Å². The Bertz CT molecular complexity index is 1040. The molecule has 0 radical (unpaired) electrons. The molecular weight excluding hydrogens is 370 g/mol. The fourth-order valence-corrected chi connectivity index (χ4v) is 3.19. The second-order valence-electron chi connectivity index (χ2n) is 6.45. The van der Waals surface area contributed by atoms with Crippen LogP contribution in [0.25, 0.3) is 0 Å². The van der Waals surface area contributed by atoms with Gasteiger partial charge in [-0.2, -0.15) is 5.10 Å². The van der Waals surface area contributed by atoms with Gasteiger partial charge in [0.2, 0.25) is 0 Å². The molecule has 6 heteroatoms. The Labute approximate surface area is 168 Å². The van der Waals surface area contributed by atoms with Crippen molar-refractivity contribution in [3.8, 4) is 0 Å². The van der Waals surface area contributed by atoms with Crippen molar-refractivity contribution in [3.63, 3.8) is 0 Å². The lowest BCUT2D eigenvalue weighted by atomic mass is 10.1. The first-order valence-corrected chi connectivity index (χ1v) is 9.69. The fraction of sp³-hybridized carbons (Fsp3) is 0.136. The lowest BCUT2D eigenvalue weighted by Crippen LogP contribution is -2.19.